The number of nitrogens with zero attached hydrogens (tertiary/aromatic N) is 2. The zero-order valence-corrected chi connectivity index (χ0v) is 22.0. The van der Waals surface area contributed by atoms with E-state index in [1.54, 1.807) is 12.3 Å². The fraction of sp³-hybridized carbons (Fsp3) is 0.367. The molecule has 1 atom stereocenters. The van der Waals surface area contributed by atoms with Crippen molar-refractivity contribution in [2.75, 3.05) is 32.0 Å². The Morgan fingerprint density at radius 2 is 2.11 bits per heavy atom. The average molecular weight is 526 g/mol. The molecule has 2 N–H and O–H groups in total. The number of benzene rings is 2. The molecule has 4 rings (SSSR count). The molecular formula is C30H34ClF2N3O. The summed E-state index contributed by atoms with van der Waals surface area (Å²) in [5, 5.41) is 0.0922. The summed E-state index contributed by atoms with van der Waals surface area (Å²) in [6.45, 7) is 8.34. The van der Waals surface area contributed by atoms with Crippen LogP contribution in [0.15, 0.2) is 65.5 Å². The third-order valence-electron chi connectivity index (χ3n) is 6.90. The first kappa shape index (κ1) is 27.1. The second kappa shape index (κ2) is 12.5. The Bertz CT molecular complexity index is 1240. The zero-order chi connectivity index (χ0) is 26.4. The summed E-state index contributed by atoms with van der Waals surface area (Å²) >= 11 is 5.97. The van der Waals surface area contributed by atoms with Crippen LogP contribution in [0.1, 0.15) is 49.3 Å². The van der Waals surface area contributed by atoms with E-state index in [1.165, 1.54) is 6.07 Å². The summed E-state index contributed by atoms with van der Waals surface area (Å²) in [5.41, 5.74) is 12.1. The van der Waals surface area contributed by atoms with Gasteiger partial charge in [0.1, 0.15) is 17.7 Å². The minimum atomic E-state index is -0.455. The smallest absolute Gasteiger partial charge is 0.142 e. The lowest BCUT2D eigenvalue weighted by Gasteiger charge is -2.18. The second-order valence-corrected chi connectivity index (χ2v) is 9.93. The van der Waals surface area contributed by atoms with Crippen LogP contribution in [-0.2, 0) is 11.2 Å². The number of likely N-dealkylation sites (tertiary alicyclic amines) is 1. The molecule has 1 saturated heterocycles. The molecule has 1 fully saturated rings. The monoisotopic (exact) mass is 525 g/mol. The van der Waals surface area contributed by atoms with Crippen molar-refractivity contribution in [1.29, 1.82) is 0 Å². The summed E-state index contributed by atoms with van der Waals surface area (Å²) in [4.78, 5) is 6.95. The van der Waals surface area contributed by atoms with Crippen LogP contribution in [0.3, 0.4) is 0 Å². The zero-order valence-electron chi connectivity index (χ0n) is 21.3. The van der Waals surface area contributed by atoms with Gasteiger partial charge in [-0.2, -0.15) is 0 Å². The number of hydrogen-bond donors (Lipinski definition) is 1. The molecular weight excluding hydrogens is 492 g/mol. The van der Waals surface area contributed by atoms with Crippen molar-refractivity contribution in [2.24, 2.45) is 4.99 Å². The number of aliphatic imine (C=N–C) groups is 1. The van der Waals surface area contributed by atoms with Gasteiger partial charge in [-0.05, 0) is 91.6 Å². The highest BCUT2D eigenvalue weighted by molar-refractivity contribution is 6.30. The first-order valence-corrected chi connectivity index (χ1v) is 13.2. The first-order valence-electron chi connectivity index (χ1n) is 12.8. The quantitative estimate of drug-likeness (QED) is 0.213. The van der Waals surface area contributed by atoms with Gasteiger partial charge in [-0.15, -0.1) is 0 Å². The van der Waals surface area contributed by atoms with E-state index in [2.05, 4.69) is 11.5 Å². The lowest BCUT2D eigenvalue weighted by atomic mass is 9.90. The number of ether oxygens (including phenoxy) is 1. The molecule has 0 aromatic heterocycles. The third kappa shape index (κ3) is 6.68. The molecule has 0 radical (unpaired) electrons. The highest BCUT2D eigenvalue weighted by Gasteiger charge is 2.24. The molecule has 1 aliphatic carbocycles. The highest BCUT2D eigenvalue weighted by Crippen LogP contribution is 2.40. The molecule has 0 amide bonds. The highest BCUT2D eigenvalue weighted by atomic mass is 35.5. The van der Waals surface area contributed by atoms with Crippen molar-refractivity contribution in [3.8, 4) is 0 Å². The van der Waals surface area contributed by atoms with E-state index in [0.717, 1.165) is 73.2 Å². The van der Waals surface area contributed by atoms with Crippen LogP contribution in [0.2, 0.25) is 5.02 Å². The third-order valence-corrected chi connectivity index (χ3v) is 7.21. The summed E-state index contributed by atoms with van der Waals surface area (Å²) in [6.07, 6.45) is 7.54. The van der Waals surface area contributed by atoms with Crippen LogP contribution in [0.25, 0.3) is 11.1 Å². The maximum atomic E-state index is 14.4. The first-order chi connectivity index (χ1) is 17.9. The van der Waals surface area contributed by atoms with Crippen molar-refractivity contribution < 1.29 is 13.5 Å². The fourth-order valence-corrected chi connectivity index (χ4v) is 5.18. The summed E-state index contributed by atoms with van der Waals surface area (Å²) < 4.78 is 33.2. The van der Waals surface area contributed by atoms with Gasteiger partial charge in [0.2, 0.25) is 0 Å². The molecule has 1 aliphatic heterocycles. The molecule has 2 aromatic rings. The van der Waals surface area contributed by atoms with Crippen LogP contribution in [0.5, 0.6) is 0 Å². The van der Waals surface area contributed by atoms with E-state index in [9.17, 15) is 8.78 Å². The number of hydrogen-bond acceptors (Lipinski definition) is 4. The maximum absolute atomic E-state index is 14.4. The lowest BCUT2D eigenvalue weighted by Crippen LogP contribution is -2.24. The molecule has 4 nitrogen and oxygen atoms in total. The maximum Gasteiger partial charge on any atom is 0.142 e. The van der Waals surface area contributed by atoms with Crippen molar-refractivity contribution in [3.05, 3.63) is 88.0 Å². The Morgan fingerprint density at radius 1 is 1.27 bits per heavy atom. The second-order valence-electron chi connectivity index (χ2n) is 9.52. The standard InChI is InChI=1S/C30H34ClF2N3O/c1-3-24(37-25-12-15-36(19-25)14-5-13-32)18-35-20(2)30-26(22-8-11-28(31)29(33)17-22)7-4-6-21-16-23(34)9-10-27(21)30/h3,8-11,16-18,25H,2,4-7,12-15,19,34H2,1H3/b24-3+,35-18?. The van der Waals surface area contributed by atoms with Crippen LogP contribution in [0.4, 0.5) is 14.5 Å². The summed E-state index contributed by atoms with van der Waals surface area (Å²) in [6, 6.07) is 10.8. The molecule has 37 heavy (non-hydrogen) atoms. The minimum Gasteiger partial charge on any atom is -0.488 e. The van der Waals surface area contributed by atoms with Gasteiger partial charge >= 0.3 is 0 Å². The Morgan fingerprint density at radius 3 is 2.86 bits per heavy atom. The number of anilines is 1. The lowest BCUT2D eigenvalue weighted by molar-refractivity contribution is 0.134. The van der Waals surface area contributed by atoms with Crippen LogP contribution < -0.4 is 5.73 Å². The van der Waals surface area contributed by atoms with E-state index in [4.69, 9.17) is 27.1 Å². The minimum absolute atomic E-state index is 0.0407. The van der Waals surface area contributed by atoms with E-state index in [0.29, 0.717) is 23.6 Å². The molecule has 196 valence electrons. The van der Waals surface area contributed by atoms with Crippen LogP contribution in [0, 0.1) is 5.82 Å². The number of allylic oxidation sites excluding steroid dienone is 4. The van der Waals surface area contributed by atoms with E-state index < -0.39 is 5.82 Å². The number of rotatable bonds is 9. The van der Waals surface area contributed by atoms with Crippen LogP contribution in [-0.4, -0.2) is 43.5 Å². The molecule has 1 heterocycles. The van der Waals surface area contributed by atoms with Crippen molar-refractivity contribution >= 4 is 34.6 Å². The van der Waals surface area contributed by atoms with Crippen molar-refractivity contribution in [3.63, 3.8) is 0 Å². The van der Waals surface area contributed by atoms with Crippen LogP contribution >= 0.6 is 11.6 Å². The Balaban J connectivity index is 1.62. The van der Waals surface area contributed by atoms with Gasteiger partial charge in [-0.25, -0.2) is 4.39 Å². The molecule has 0 bridgehead atoms. The van der Waals surface area contributed by atoms with Gasteiger partial charge in [0.15, 0.2) is 0 Å². The van der Waals surface area contributed by atoms with Gasteiger partial charge in [-0.1, -0.05) is 30.3 Å². The van der Waals surface area contributed by atoms with Gasteiger partial charge in [-0.3, -0.25) is 14.3 Å². The SMILES string of the molecule is C=C(N=C/C(=C\C)OC1CCN(CCCF)C1)C1=C(c2ccc(Cl)c(F)c2)CCCc2cc(N)ccc21. The Kier molecular flexibility index (Phi) is 9.17. The number of halogens is 3. The summed E-state index contributed by atoms with van der Waals surface area (Å²) in [7, 11) is 0. The van der Waals surface area contributed by atoms with Crippen molar-refractivity contribution in [1.82, 2.24) is 4.90 Å². The van der Waals surface area contributed by atoms with Gasteiger partial charge < -0.3 is 10.5 Å². The number of alkyl halides is 1. The van der Waals surface area contributed by atoms with Gasteiger partial charge in [0, 0.05) is 30.9 Å². The topological polar surface area (TPSA) is 50.8 Å². The fourth-order valence-electron chi connectivity index (χ4n) is 5.06. The normalized spacial score (nSPS) is 18.8. The Hall–Kier alpha value is -2.96. The predicted molar refractivity (Wildman–Crippen MR) is 150 cm³/mol. The summed E-state index contributed by atoms with van der Waals surface area (Å²) in [5.74, 6) is 0.202. The predicted octanol–water partition coefficient (Wildman–Crippen LogP) is 7.25. The molecule has 2 aromatic carbocycles. The number of aryl methyl sites for hydroxylation is 1. The van der Waals surface area contributed by atoms with Crippen molar-refractivity contribution in [2.45, 2.75) is 45.1 Å². The average Bonchev–Trinajstić information content (AvgIpc) is 3.25. The largest absolute Gasteiger partial charge is 0.488 e. The molecule has 2 aliphatic rings. The van der Waals surface area contributed by atoms with Gasteiger partial charge in [0.25, 0.3) is 0 Å². The Labute approximate surface area is 223 Å². The number of fused-ring (bicyclic) bond motifs is 1. The van der Waals surface area contributed by atoms with E-state index in [-0.39, 0.29) is 17.8 Å². The molecule has 1 unspecified atom stereocenters. The van der Waals surface area contributed by atoms with E-state index in [1.807, 2.05) is 37.3 Å². The number of nitrogens with two attached hydrogens (primary N) is 1. The number of nitrogen functional groups attached to an aromatic ring is 1. The molecule has 0 spiro atoms. The molecule has 0 saturated carbocycles. The van der Waals surface area contributed by atoms with E-state index >= 15 is 0 Å². The molecule has 7 heteroatoms. The van der Waals surface area contributed by atoms with Gasteiger partial charge in [0.05, 0.1) is 23.6 Å².